The smallest absolute Gasteiger partial charge is 0.0945 e. The second-order valence-electron chi connectivity index (χ2n) is 14.5. The summed E-state index contributed by atoms with van der Waals surface area (Å²) in [5.74, 6) is 4.20. The summed E-state index contributed by atoms with van der Waals surface area (Å²) in [6.45, 7) is 11.5. The zero-order chi connectivity index (χ0) is 21.5. The summed E-state index contributed by atoms with van der Waals surface area (Å²) in [5, 5.41) is 0. The molecule has 6 aliphatic rings. The molecule has 2 nitrogen and oxygen atoms in total. The van der Waals surface area contributed by atoms with Gasteiger partial charge >= 0.3 is 0 Å². The van der Waals surface area contributed by atoms with E-state index < -0.39 is 0 Å². The lowest BCUT2D eigenvalue weighted by molar-refractivity contribution is -0.928. The standard InChI is InChI=1S/C29H52N2.2HI/c1-28-15-13-23(30(3)17-5-6-18-30)21-22(28)9-10-24-25-11-12-27(31(4)19-7-8-20-31)29(25,2)16-14-26(24)28;;/h22-27H,5-21H2,1-4H3;2*1H/q+2;;/p-2/t22-,23-,24-,25-,26-,27+,28-,29-;;/m0../s1. The molecule has 8 atom stereocenters. The molecular weight excluding hydrogens is 630 g/mol. The van der Waals surface area contributed by atoms with E-state index >= 15 is 0 Å². The first-order chi connectivity index (χ1) is 14.8. The normalized spacial score (nSPS) is 49.8. The molecule has 4 saturated carbocycles. The van der Waals surface area contributed by atoms with Gasteiger partial charge in [0.15, 0.2) is 0 Å². The van der Waals surface area contributed by atoms with E-state index in [4.69, 9.17) is 0 Å². The fourth-order valence-electron chi connectivity index (χ4n) is 11.6. The lowest BCUT2D eigenvalue weighted by Crippen LogP contribution is -3.00. The third kappa shape index (κ3) is 4.11. The van der Waals surface area contributed by atoms with Gasteiger partial charge in [0.25, 0.3) is 0 Å². The first kappa shape index (κ1) is 27.4. The second-order valence-corrected chi connectivity index (χ2v) is 14.5. The molecule has 0 spiro atoms. The summed E-state index contributed by atoms with van der Waals surface area (Å²) in [4.78, 5) is 0. The lowest BCUT2D eigenvalue weighted by Gasteiger charge is -2.62. The monoisotopic (exact) mass is 682 g/mol. The van der Waals surface area contributed by atoms with Crippen molar-refractivity contribution in [3.05, 3.63) is 0 Å². The van der Waals surface area contributed by atoms with Crippen LogP contribution < -0.4 is 48.0 Å². The number of halogens is 2. The summed E-state index contributed by atoms with van der Waals surface area (Å²) >= 11 is 0. The van der Waals surface area contributed by atoms with E-state index in [0.717, 1.165) is 35.8 Å². The maximum atomic E-state index is 2.79. The van der Waals surface area contributed by atoms with Crippen LogP contribution in [0.4, 0.5) is 0 Å². The molecule has 2 heterocycles. The largest absolute Gasteiger partial charge is 1.00 e. The Morgan fingerprint density at radius 3 is 1.85 bits per heavy atom. The van der Waals surface area contributed by atoms with E-state index in [0.29, 0.717) is 10.8 Å². The number of likely N-dealkylation sites (tertiary alicyclic amines) is 2. The molecule has 0 N–H and O–H groups in total. The third-order valence-corrected chi connectivity index (χ3v) is 13.4. The van der Waals surface area contributed by atoms with E-state index in [1.165, 1.54) is 67.2 Å². The van der Waals surface area contributed by atoms with Crippen LogP contribution in [0.3, 0.4) is 0 Å². The van der Waals surface area contributed by atoms with Crippen LogP contribution in [0.2, 0.25) is 0 Å². The number of nitrogens with zero attached hydrogens (tertiary/aromatic N) is 2. The molecule has 6 fully saturated rings. The van der Waals surface area contributed by atoms with Crippen LogP contribution in [-0.4, -0.2) is 61.3 Å². The van der Waals surface area contributed by atoms with Gasteiger partial charge in [0.1, 0.15) is 0 Å². The molecule has 2 saturated heterocycles. The highest BCUT2D eigenvalue weighted by Crippen LogP contribution is 2.67. The zero-order valence-corrected chi connectivity index (χ0v) is 26.5. The summed E-state index contributed by atoms with van der Waals surface area (Å²) in [6.07, 6.45) is 20.0. The molecule has 192 valence electrons. The molecule has 0 radical (unpaired) electrons. The van der Waals surface area contributed by atoms with Gasteiger partial charge in [-0.25, -0.2) is 0 Å². The molecule has 6 rings (SSSR count). The number of fused-ring (bicyclic) bond motifs is 5. The Kier molecular flexibility index (Phi) is 7.98. The van der Waals surface area contributed by atoms with Crippen molar-refractivity contribution in [2.45, 2.75) is 109 Å². The van der Waals surface area contributed by atoms with Gasteiger partial charge in [-0.15, -0.1) is 0 Å². The number of hydrogen-bond donors (Lipinski definition) is 0. The van der Waals surface area contributed by atoms with E-state index in [2.05, 4.69) is 27.9 Å². The van der Waals surface area contributed by atoms with Crippen LogP contribution in [0.25, 0.3) is 0 Å². The van der Waals surface area contributed by atoms with Gasteiger partial charge in [-0.05, 0) is 74.0 Å². The Labute approximate surface area is 239 Å². The van der Waals surface area contributed by atoms with Crippen molar-refractivity contribution in [2.24, 2.45) is 34.5 Å². The molecule has 0 bridgehead atoms. The highest BCUT2D eigenvalue weighted by Gasteiger charge is 2.64. The minimum Gasteiger partial charge on any atom is -1.00 e. The zero-order valence-electron chi connectivity index (χ0n) is 22.1. The Morgan fingerprint density at radius 2 is 1.18 bits per heavy atom. The average Bonchev–Trinajstić information content (AvgIpc) is 3.46. The van der Waals surface area contributed by atoms with Crippen LogP contribution in [0.1, 0.15) is 97.3 Å². The van der Waals surface area contributed by atoms with Crippen molar-refractivity contribution in [2.75, 3.05) is 40.3 Å². The first-order valence-electron chi connectivity index (χ1n) is 14.5. The van der Waals surface area contributed by atoms with Crippen LogP contribution in [0, 0.1) is 34.5 Å². The molecule has 33 heavy (non-hydrogen) atoms. The van der Waals surface area contributed by atoms with Gasteiger partial charge in [-0.2, -0.15) is 0 Å². The number of rotatable bonds is 2. The van der Waals surface area contributed by atoms with Crippen molar-refractivity contribution >= 4 is 0 Å². The maximum Gasteiger partial charge on any atom is 0.0945 e. The third-order valence-electron chi connectivity index (χ3n) is 13.4. The SMILES string of the molecule is C[C@]12CC[C@H]([N+]3(C)CCCC3)C[C@@H]1CC[C@@H]1[C@@H]2CC[C@]2(C)[C@H]([N+]3(C)CCCC3)CC[C@@H]12.[I-].[I-]. The molecule has 0 unspecified atom stereocenters. The Balaban J connectivity index is 0.00000130. The molecule has 0 amide bonds. The van der Waals surface area contributed by atoms with Gasteiger partial charge in [0.2, 0.25) is 0 Å². The summed E-state index contributed by atoms with van der Waals surface area (Å²) in [7, 11) is 5.25. The molecule has 4 aliphatic carbocycles. The van der Waals surface area contributed by atoms with Gasteiger partial charge in [-0.1, -0.05) is 13.8 Å². The van der Waals surface area contributed by atoms with Gasteiger partial charge in [0.05, 0.1) is 52.4 Å². The van der Waals surface area contributed by atoms with Crippen LogP contribution >= 0.6 is 0 Å². The average molecular weight is 683 g/mol. The van der Waals surface area contributed by atoms with Crippen molar-refractivity contribution in [3.63, 3.8) is 0 Å². The second kappa shape index (κ2) is 9.60. The van der Waals surface area contributed by atoms with Gasteiger partial charge in [0, 0.05) is 43.9 Å². The van der Waals surface area contributed by atoms with Crippen molar-refractivity contribution in [1.29, 1.82) is 0 Å². The predicted octanol–water partition coefficient (Wildman–Crippen LogP) is 0.255. The molecular formula is C29H52I2N2. The van der Waals surface area contributed by atoms with Crippen molar-refractivity contribution in [3.8, 4) is 0 Å². The Hall–Kier alpha value is 1.38. The molecule has 4 heteroatoms. The molecule has 0 aromatic rings. The number of quaternary nitrogens is 2. The predicted molar refractivity (Wildman–Crippen MR) is 130 cm³/mol. The highest BCUT2D eigenvalue weighted by molar-refractivity contribution is 5.10. The van der Waals surface area contributed by atoms with Crippen molar-refractivity contribution < 1.29 is 56.9 Å². The molecule has 2 aliphatic heterocycles. The van der Waals surface area contributed by atoms with E-state index in [1.54, 1.807) is 51.4 Å². The Morgan fingerprint density at radius 1 is 0.606 bits per heavy atom. The van der Waals surface area contributed by atoms with Crippen molar-refractivity contribution in [1.82, 2.24) is 0 Å². The summed E-state index contributed by atoms with van der Waals surface area (Å²) in [6, 6.07) is 1.96. The van der Waals surface area contributed by atoms with Crippen LogP contribution in [-0.2, 0) is 0 Å². The van der Waals surface area contributed by atoms with Crippen LogP contribution in [0.15, 0.2) is 0 Å². The minimum atomic E-state index is 0. The van der Waals surface area contributed by atoms with E-state index in [9.17, 15) is 0 Å². The molecule has 0 aromatic heterocycles. The summed E-state index contributed by atoms with van der Waals surface area (Å²) < 4.78 is 2.86. The summed E-state index contributed by atoms with van der Waals surface area (Å²) in [5.41, 5.74) is 1.32. The molecule has 0 aromatic carbocycles. The fourth-order valence-corrected chi connectivity index (χ4v) is 11.6. The first-order valence-corrected chi connectivity index (χ1v) is 14.5. The highest BCUT2D eigenvalue weighted by atomic mass is 127. The quantitative estimate of drug-likeness (QED) is 0.290. The topological polar surface area (TPSA) is 0 Å². The minimum absolute atomic E-state index is 0. The van der Waals surface area contributed by atoms with E-state index in [-0.39, 0.29) is 48.0 Å². The van der Waals surface area contributed by atoms with Crippen LogP contribution in [0.5, 0.6) is 0 Å². The number of hydrogen-bond acceptors (Lipinski definition) is 0. The Bertz CT molecular complexity index is 700. The fraction of sp³-hybridized carbons (Fsp3) is 1.00. The van der Waals surface area contributed by atoms with Gasteiger partial charge < -0.3 is 56.9 Å². The lowest BCUT2D eigenvalue weighted by atomic mass is 9.44. The maximum absolute atomic E-state index is 2.79. The van der Waals surface area contributed by atoms with E-state index in [1.807, 2.05) is 0 Å². The van der Waals surface area contributed by atoms with Gasteiger partial charge in [-0.3, -0.25) is 0 Å².